The highest BCUT2D eigenvalue weighted by Gasteiger charge is 2.17. The maximum atomic E-state index is 9.71. The van der Waals surface area contributed by atoms with Gasteiger partial charge in [0.15, 0.2) is 0 Å². The summed E-state index contributed by atoms with van der Waals surface area (Å²) in [6.07, 6.45) is 0. The van der Waals surface area contributed by atoms with Crippen LogP contribution in [0.3, 0.4) is 0 Å². The fourth-order valence-corrected chi connectivity index (χ4v) is 7.41. The molecule has 0 saturated carbocycles. The summed E-state index contributed by atoms with van der Waals surface area (Å²) in [4.78, 5) is 0. The summed E-state index contributed by atoms with van der Waals surface area (Å²) in [7, 11) is 0. The van der Waals surface area contributed by atoms with Crippen molar-refractivity contribution in [3.8, 4) is 44.5 Å². The molecule has 0 aliphatic carbocycles. The van der Waals surface area contributed by atoms with Gasteiger partial charge in [0.1, 0.15) is 11.2 Å². The molecular formula is C48H30O. The summed E-state index contributed by atoms with van der Waals surface area (Å²) in [5.41, 5.74) is 7.69. The molecule has 228 valence electrons. The van der Waals surface area contributed by atoms with Gasteiger partial charge in [0, 0.05) is 10.8 Å². The molecule has 0 fully saturated rings. The summed E-state index contributed by atoms with van der Waals surface area (Å²) < 4.78 is 43.5. The molecular weight excluding hydrogens is 593 g/mol. The van der Waals surface area contributed by atoms with Crippen molar-refractivity contribution in [1.82, 2.24) is 0 Å². The Labute approximate surface area is 289 Å². The molecule has 0 unspecified atom stereocenters. The third-order valence-electron chi connectivity index (χ3n) is 9.71. The zero-order chi connectivity index (χ0) is 35.8. The lowest BCUT2D eigenvalue weighted by Gasteiger charge is -2.18. The van der Waals surface area contributed by atoms with Crippen molar-refractivity contribution < 1.29 is 9.90 Å². The van der Waals surface area contributed by atoms with E-state index in [9.17, 15) is 2.74 Å². The van der Waals surface area contributed by atoms with Gasteiger partial charge in [-0.15, -0.1) is 0 Å². The first-order chi connectivity index (χ1) is 26.0. The molecule has 0 N–H and O–H groups in total. The Morgan fingerprint density at radius 1 is 0.347 bits per heavy atom. The van der Waals surface area contributed by atoms with Crippen molar-refractivity contribution >= 4 is 54.3 Å². The van der Waals surface area contributed by atoms with E-state index in [1.807, 2.05) is 84.9 Å². The zero-order valence-corrected chi connectivity index (χ0v) is 26.4. The molecule has 0 amide bonds. The first-order valence-corrected chi connectivity index (χ1v) is 16.5. The molecule has 10 aromatic rings. The van der Waals surface area contributed by atoms with Crippen LogP contribution < -0.4 is 0 Å². The summed E-state index contributed by atoms with van der Waals surface area (Å²) >= 11 is 0. The quantitative estimate of drug-likeness (QED) is 0.177. The maximum Gasteiger partial charge on any atom is 0.136 e. The van der Waals surface area contributed by atoms with Gasteiger partial charge in [-0.3, -0.25) is 0 Å². The molecule has 49 heavy (non-hydrogen) atoms. The first-order valence-electron chi connectivity index (χ1n) is 18.5. The van der Waals surface area contributed by atoms with Gasteiger partial charge in [-0.05, 0) is 113 Å². The Balaban J connectivity index is 1.17. The van der Waals surface area contributed by atoms with E-state index in [1.165, 1.54) is 10.8 Å². The zero-order valence-electron chi connectivity index (χ0n) is 30.4. The van der Waals surface area contributed by atoms with Gasteiger partial charge in [0.25, 0.3) is 0 Å². The Kier molecular flexibility index (Phi) is 5.38. The minimum atomic E-state index is -0.212. The molecule has 0 bridgehead atoms. The van der Waals surface area contributed by atoms with Crippen molar-refractivity contribution in [1.29, 1.82) is 0 Å². The standard InChI is InChI=1S/C48H30O/c1-2-12-32(13-3-1)47-41-17-6-8-19-43(41)48(44-20-9-7-18-42(44)47)38-16-10-15-34(28-38)36-23-25-39-40-26-24-37(30-46(40)49-45(39)29-36)35-22-21-31-11-4-5-14-33(31)27-35/h1-30H/i10D,15D,16D,28D. The minimum Gasteiger partial charge on any atom is -0.456 e. The Morgan fingerprint density at radius 2 is 0.837 bits per heavy atom. The molecule has 0 radical (unpaired) electrons. The monoisotopic (exact) mass is 626 g/mol. The van der Waals surface area contributed by atoms with E-state index in [4.69, 9.17) is 7.16 Å². The summed E-state index contributed by atoms with van der Waals surface area (Å²) in [6, 6.07) is 52.9. The Hall–Kier alpha value is -6.44. The first kappa shape index (κ1) is 23.8. The van der Waals surface area contributed by atoms with Crippen LogP contribution in [0.4, 0.5) is 0 Å². The normalized spacial score (nSPS) is 12.8. The van der Waals surface area contributed by atoms with Crippen molar-refractivity contribution in [3.05, 3.63) is 182 Å². The highest BCUT2D eigenvalue weighted by Crippen LogP contribution is 2.44. The van der Waals surface area contributed by atoms with E-state index in [-0.39, 0.29) is 24.2 Å². The predicted molar refractivity (Wildman–Crippen MR) is 208 cm³/mol. The van der Waals surface area contributed by atoms with E-state index in [2.05, 4.69) is 72.8 Å². The molecule has 0 atom stereocenters. The van der Waals surface area contributed by atoms with E-state index in [0.717, 1.165) is 65.7 Å². The molecule has 1 aromatic heterocycles. The van der Waals surface area contributed by atoms with Gasteiger partial charge < -0.3 is 4.42 Å². The minimum absolute atomic E-state index is 0.0489. The van der Waals surface area contributed by atoms with Crippen LogP contribution in [-0.2, 0) is 0 Å². The smallest absolute Gasteiger partial charge is 0.136 e. The predicted octanol–water partition coefficient (Wildman–Crippen LogP) is 13.7. The molecule has 0 aliphatic heterocycles. The number of fused-ring (bicyclic) bond motifs is 6. The maximum absolute atomic E-state index is 9.71. The van der Waals surface area contributed by atoms with Crippen LogP contribution in [0.5, 0.6) is 0 Å². The number of hydrogen-bond acceptors (Lipinski definition) is 1. The van der Waals surface area contributed by atoms with Crippen LogP contribution >= 0.6 is 0 Å². The number of furan rings is 1. The SMILES string of the molecule is [2H]c1c([2H])c(-c2ccc3c(c2)oc2cc(-c4ccc5ccccc5c4)ccc23)c([2H])c(-c2c3ccccc3c(-c3ccccc3)c3ccccc23)c1[2H]. The van der Waals surface area contributed by atoms with Crippen LogP contribution in [0.2, 0.25) is 0 Å². The van der Waals surface area contributed by atoms with Crippen molar-refractivity contribution in [2.24, 2.45) is 0 Å². The van der Waals surface area contributed by atoms with E-state index < -0.39 is 0 Å². The largest absolute Gasteiger partial charge is 0.456 e. The van der Waals surface area contributed by atoms with Crippen molar-refractivity contribution in [3.63, 3.8) is 0 Å². The molecule has 0 saturated heterocycles. The molecule has 1 heteroatoms. The van der Waals surface area contributed by atoms with Gasteiger partial charge >= 0.3 is 0 Å². The van der Waals surface area contributed by atoms with Gasteiger partial charge in [-0.25, -0.2) is 0 Å². The topological polar surface area (TPSA) is 13.1 Å². The summed E-state index contributed by atoms with van der Waals surface area (Å²) in [5, 5.41) is 8.07. The molecule has 1 nitrogen and oxygen atoms in total. The summed E-state index contributed by atoms with van der Waals surface area (Å²) in [6.45, 7) is 0. The Bertz CT molecular complexity index is 3050. The highest BCUT2D eigenvalue weighted by molar-refractivity contribution is 6.21. The second kappa shape index (κ2) is 11.1. The Morgan fingerprint density at radius 3 is 1.49 bits per heavy atom. The highest BCUT2D eigenvalue weighted by atomic mass is 16.3. The molecule has 10 rings (SSSR count). The lowest BCUT2D eigenvalue weighted by Crippen LogP contribution is -1.91. The average molecular weight is 627 g/mol. The molecule has 1 heterocycles. The molecule has 0 spiro atoms. The van der Waals surface area contributed by atoms with Crippen LogP contribution in [0.15, 0.2) is 186 Å². The van der Waals surface area contributed by atoms with E-state index in [1.54, 1.807) is 0 Å². The van der Waals surface area contributed by atoms with Crippen LogP contribution in [-0.4, -0.2) is 0 Å². The lowest BCUT2D eigenvalue weighted by molar-refractivity contribution is 0.669. The van der Waals surface area contributed by atoms with Crippen LogP contribution in [0.25, 0.3) is 98.8 Å². The second-order valence-electron chi connectivity index (χ2n) is 12.5. The number of rotatable bonds is 4. The summed E-state index contributed by atoms with van der Waals surface area (Å²) in [5.74, 6) is 0. The average Bonchev–Trinajstić information content (AvgIpc) is 3.57. The third-order valence-corrected chi connectivity index (χ3v) is 9.71. The molecule has 9 aromatic carbocycles. The van der Waals surface area contributed by atoms with Crippen LogP contribution in [0, 0.1) is 0 Å². The fourth-order valence-electron chi connectivity index (χ4n) is 7.41. The lowest BCUT2D eigenvalue weighted by atomic mass is 9.85. The van der Waals surface area contributed by atoms with Gasteiger partial charge in [-0.2, -0.15) is 0 Å². The van der Waals surface area contributed by atoms with Crippen molar-refractivity contribution in [2.45, 2.75) is 0 Å². The van der Waals surface area contributed by atoms with Crippen LogP contribution in [0.1, 0.15) is 5.48 Å². The third kappa shape index (κ3) is 4.55. The fraction of sp³-hybridized carbons (Fsp3) is 0. The number of hydrogen-bond donors (Lipinski definition) is 0. The second-order valence-corrected chi connectivity index (χ2v) is 12.5. The van der Waals surface area contributed by atoms with Gasteiger partial charge in [-0.1, -0.05) is 146 Å². The van der Waals surface area contributed by atoms with Crippen molar-refractivity contribution in [2.75, 3.05) is 0 Å². The van der Waals surface area contributed by atoms with Gasteiger partial charge in [0.05, 0.1) is 5.48 Å². The van der Waals surface area contributed by atoms with E-state index in [0.29, 0.717) is 22.3 Å². The molecule has 0 aliphatic rings. The van der Waals surface area contributed by atoms with E-state index >= 15 is 0 Å². The number of benzene rings is 9. The van der Waals surface area contributed by atoms with Gasteiger partial charge in [0.2, 0.25) is 0 Å².